The van der Waals surface area contributed by atoms with Crippen molar-refractivity contribution in [1.29, 1.82) is 0 Å². The lowest BCUT2D eigenvalue weighted by Crippen LogP contribution is -2.27. The van der Waals surface area contributed by atoms with E-state index in [1.807, 2.05) is 79.7 Å². The topological polar surface area (TPSA) is 54.8 Å². The number of hydrazone groups is 1. The number of methoxy groups -OCH3 is 1. The highest BCUT2D eigenvalue weighted by Crippen LogP contribution is 2.32. The van der Waals surface area contributed by atoms with E-state index in [1.54, 1.807) is 13.3 Å². The highest BCUT2D eigenvalue weighted by molar-refractivity contribution is 7.22. The zero-order valence-corrected chi connectivity index (χ0v) is 17.6. The van der Waals surface area contributed by atoms with Gasteiger partial charge in [-0.05, 0) is 36.2 Å². The fraction of sp³-hybridized carbons (Fsp3) is 0.125. The zero-order chi connectivity index (χ0) is 20.9. The maximum absolute atomic E-state index is 13.1. The Kier molecular flexibility index (Phi) is 5.86. The molecule has 0 bridgehead atoms. The molecule has 0 aliphatic carbocycles. The number of amides is 1. The Morgan fingerprint density at radius 1 is 1.10 bits per heavy atom. The molecule has 150 valence electrons. The van der Waals surface area contributed by atoms with Crippen molar-refractivity contribution in [3.05, 3.63) is 89.5 Å². The normalized spacial score (nSPS) is 11.1. The molecule has 4 rings (SSSR count). The van der Waals surface area contributed by atoms with Crippen LogP contribution in [-0.2, 0) is 11.2 Å². The minimum atomic E-state index is -0.143. The number of hydrogen-bond donors (Lipinski definition) is 0. The standard InChI is InChI=1S/C24H21N3O2S/c1-17-8-10-19(11-9-17)16-25-27(23(28)14-18-6-4-3-5-7-18)24-26-21-13-12-20(29-2)15-22(21)30-24/h3-13,15-16H,14H2,1-2H3/b25-16+. The quantitative estimate of drug-likeness (QED) is 0.320. The van der Waals surface area contributed by atoms with E-state index in [9.17, 15) is 4.79 Å². The van der Waals surface area contributed by atoms with Gasteiger partial charge in [-0.3, -0.25) is 4.79 Å². The van der Waals surface area contributed by atoms with Crippen LogP contribution in [0.15, 0.2) is 77.9 Å². The minimum Gasteiger partial charge on any atom is -0.497 e. The van der Waals surface area contributed by atoms with Gasteiger partial charge in [0.1, 0.15) is 5.75 Å². The van der Waals surface area contributed by atoms with Crippen molar-refractivity contribution < 1.29 is 9.53 Å². The van der Waals surface area contributed by atoms with Crippen molar-refractivity contribution in [2.75, 3.05) is 12.1 Å². The van der Waals surface area contributed by atoms with Crippen LogP contribution in [0.25, 0.3) is 10.2 Å². The molecule has 0 saturated carbocycles. The average molecular weight is 416 g/mol. The Balaban J connectivity index is 1.68. The van der Waals surface area contributed by atoms with Crippen molar-refractivity contribution in [1.82, 2.24) is 4.98 Å². The van der Waals surface area contributed by atoms with Crippen molar-refractivity contribution in [2.45, 2.75) is 13.3 Å². The number of hydrogen-bond acceptors (Lipinski definition) is 5. The van der Waals surface area contributed by atoms with Gasteiger partial charge in [-0.1, -0.05) is 71.5 Å². The van der Waals surface area contributed by atoms with Crippen LogP contribution in [0, 0.1) is 6.92 Å². The number of carbonyl (C=O) groups is 1. The second-order valence-electron chi connectivity index (χ2n) is 6.85. The number of nitrogens with zero attached hydrogens (tertiary/aromatic N) is 3. The van der Waals surface area contributed by atoms with Crippen LogP contribution in [0.4, 0.5) is 5.13 Å². The van der Waals surface area contributed by atoms with Crippen LogP contribution < -0.4 is 9.75 Å². The first-order chi connectivity index (χ1) is 14.6. The van der Waals surface area contributed by atoms with Gasteiger partial charge in [-0.15, -0.1) is 0 Å². The Hall–Kier alpha value is -3.51. The number of rotatable bonds is 6. The molecule has 1 heterocycles. The highest BCUT2D eigenvalue weighted by Gasteiger charge is 2.20. The molecule has 0 aliphatic rings. The van der Waals surface area contributed by atoms with Gasteiger partial charge in [0.15, 0.2) is 0 Å². The summed E-state index contributed by atoms with van der Waals surface area (Å²) in [5, 5.41) is 6.43. The molecule has 0 radical (unpaired) electrons. The summed E-state index contributed by atoms with van der Waals surface area (Å²) in [6, 6.07) is 23.3. The Bertz CT molecular complexity index is 1180. The molecule has 0 spiro atoms. The predicted octanol–water partition coefficient (Wildman–Crippen LogP) is 5.22. The summed E-state index contributed by atoms with van der Waals surface area (Å²) in [5.41, 5.74) is 3.82. The van der Waals surface area contributed by atoms with Gasteiger partial charge < -0.3 is 4.74 Å². The van der Waals surface area contributed by atoms with E-state index in [1.165, 1.54) is 21.9 Å². The molecule has 1 aromatic heterocycles. The molecule has 0 aliphatic heterocycles. The molecule has 30 heavy (non-hydrogen) atoms. The van der Waals surface area contributed by atoms with Gasteiger partial charge in [-0.2, -0.15) is 10.1 Å². The summed E-state index contributed by atoms with van der Waals surface area (Å²) in [6.07, 6.45) is 1.93. The largest absolute Gasteiger partial charge is 0.497 e. The first-order valence-corrected chi connectivity index (χ1v) is 10.4. The number of fused-ring (bicyclic) bond motifs is 1. The fourth-order valence-corrected chi connectivity index (χ4v) is 3.92. The fourth-order valence-electron chi connectivity index (χ4n) is 2.95. The van der Waals surface area contributed by atoms with E-state index in [4.69, 9.17) is 4.74 Å². The van der Waals surface area contributed by atoms with Crippen molar-refractivity contribution >= 4 is 38.8 Å². The van der Waals surface area contributed by atoms with Crippen LogP contribution in [-0.4, -0.2) is 24.2 Å². The molecule has 3 aromatic carbocycles. The third kappa shape index (κ3) is 4.55. The molecule has 0 unspecified atom stereocenters. The molecule has 0 N–H and O–H groups in total. The van der Waals surface area contributed by atoms with E-state index < -0.39 is 0 Å². The van der Waals surface area contributed by atoms with Crippen molar-refractivity contribution in [3.63, 3.8) is 0 Å². The lowest BCUT2D eigenvalue weighted by molar-refractivity contribution is -0.118. The third-order valence-electron chi connectivity index (χ3n) is 4.60. The van der Waals surface area contributed by atoms with Crippen LogP contribution in [0.1, 0.15) is 16.7 Å². The highest BCUT2D eigenvalue weighted by atomic mass is 32.1. The van der Waals surface area contributed by atoms with Crippen LogP contribution in [0.3, 0.4) is 0 Å². The molecule has 5 nitrogen and oxygen atoms in total. The Morgan fingerprint density at radius 2 is 1.87 bits per heavy atom. The van der Waals surface area contributed by atoms with E-state index >= 15 is 0 Å². The molecule has 1 amide bonds. The van der Waals surface area contributed by atoms with Gasteiger partial charge >= 0.3 is 0 Å². The molecule has 0 fully saturated rings. The lowest BCUT2D eigenvalue weighted by atomic mass is 10.1. The second kappa shape index (κ2) is 8.88. The maximum atomic E-state index is 13.1. The summed E-state index contributed by atoms with van der Waals surface area (Å²) in [7, 11) is 1.63. The number of carbonyl (C=O) groups excluding carboxylic acids is 1. The van der Waals surface area contributed by atoms with Crippen LogP contribution in [0.5, 0.6) is 5.75 Å². The summed E-state index contributed by atoms with van der Waals surface area (Å²) in [5.74, 6) is 0.610. The second-order valence-corrected chi connectivity index (χ2v) is 7.86. The number of anilines is 1. The van der Waals surface area contributed by atoms with Crippen molar-refractivity contribution in [2.24, 2.45) is 5.10 Å². The number of aryl methyl sites for hydroxylation is 1. The first kappa shape index (κ1) is 19.8. The number of aromatic nitrogens is 1. The van der Waals surface area contributed by atoms with Gasteiger partial charge in [0.2, 0.25) is 5.13 Å². The monoisotopic (exact) mass is 415 g/mol. The average Bonchev–Trinajstić information content (AvgIpc) is 3.18. The maximum Gasteiger partial charge on any atom is 0.253 e. The summed E-state index contributed by atoms with van der Waals surface area (Å²) in [6.45, 7) is 2.03. The Labute approximate surface area is 179 Å². The Morgan fingerprint density at radius 3 is 2.60 bits per heavy atom. The van der Waals surface area contributed by atoms with Crippen molar-refractivity contribution in [3.8, 4) is 5.75 Å². The first-order valence-electron chi connectivity index (χ1n) is 9.54. The molecular weight excluding hydrogens is 394 g/mol. The van der Waals surface area contributed by atoms with Gasteiger partial charge in [0.25, 0.3) is 5.91 Å². The van der Waals surface area contributed by atoms with E-state index in [0.29, 0.717) is 5.13 Å². The van der Waals surface area contributed by atoms with E-state index in [2.05, 4.69) is 10.1 Å². The number of benzene rings is 3. The summed E-state index contributed by atoms with van der Waals surface area (Å²) < 4.78 is 6.24. The minimum absolute atomic E-state index is 0.143. The van der Waals surface area contributed by atoms with Gasteiger partial charge in [0.05, 0.1) is 30.0 Å². The third-order valence-corrected chi connectivity index (χ3v) is 5.59. The number of thiazole rings is 1. The van der Waals surface area contributed by atoms with Crippen LogP contribution in [0.2, 0.25) is 0 Å². The molecule has 6 heteroatoms. The van der Waals surface area contributed by atoms with E-state index in [-0.39, 0.29) is 12.3 Å². The number of ether oxygens (including phenoxy) is 1. The SMILES string of the molecule is COc1ccc2nc(N(/N=C/c3ccc(C)cc3)C(=O)Cc3ccccc3)sc2c1. The molecule has 0 saturated heterocycles. The summed E-state index contributed by atoms with van der Waals surface area (Å²) >= 11 is 1.41. The van der Waals surface area contributed by atoms with E-state index in [0.717, 1.165) is 27.1 Å². The lowest BCUT2D eigenvalue weighted by Gasteiger charge is -2.14. The van der Waals surface area contributed by atoms with Crippen LogP contribution >= 0.6 is 11.3 Å². The predicted molar refractivity (Wildman–Crippen MR) is 123 cm³/mol. The van der Waals surface area contributed by atoms with Gasteiger partial charge in [-0.25, -0.2) is 4.98 Å². The zero-order valence-electron chi connectivity index (χ0n) is 16.8. The molecule has 0 atom stereocenters. The smallest absolute Gasteiger partial charge is 0.253 e. The summed E-state index contributed by atoms with van der Waals surface area (Å²) in [4.78, 5) is 17.8. The molecular formula is C24H21N3O2S. The molecule has 4 aromatic rings. The van der Waals surface area contributed by atoms with Gasteiger partial charge in [0, 0.05) is 0 Å².